The predicted octanol–water partition coefficient (Wildman–Crippen LogP) is 1.65. The van der Waals surface area contributed by atoms with Crippen LogP contribution in [0.2, 0.25) is 0 Å². The highest BCUT2D eigenvalue weighted by molar-refractivity contribution is 5.77. The van der Waals surface area contributed by atoms with Gasteiger partial charge in [0.2, 0.25) is 5.91 Å². The highest BCUT2D eigenvalue weighted by Crippen LogP contribution is 2.12. The summed E-state index contributed by atoms with van der Waals surface area (Å²) in [5.41, 5.74) is 0. The number of benzene rings is 1. The Bertz CT molecular complexity index is 310. The fourth-order valence-electron chi connectivity index (χ4n) is 1.51. The van der Waals surface area contributed by atoms with Crippen molar-refractivity contribution in [2.45, 2.75) is 12.8 Å². The lowest BCUT2D eigenvalue weighted by atomic mass is 10.3. The van der Waals surface area contributed by atoms with Gasteiger partial charge in [0.05, 0.1) is 0 Å². The van der Waals surface area contributed by atoms with E-state index in [1.54, 1.807) is 4.90 Å². The molecule has 0 unspecified atom stereocenters. The minimum Gasteiger partial charge on any atom is -0.473 e. The van der Waals surface area contributed by atoms with Crippen molar-refractivity contribution in [3.63, 3.8) is 0 Å². The molecule has 1 heterocycles. The average molecular weight is 191 g/mol. The van der Waals surface area contributed by atoms with Crippen molar-refractivity contribution in [2.75, 3.05) is 13.3 Å². The molecule has 74 valence electrons. The third-order valence-corrected chi connectivity index (χ3v) is 2.30. The highest BCUT2D eigenvalue weighted by atomic mass is 16.5. The molecular formula is C11H13NO2. The summed E-state index contributed by atoms with van der Waals surface area (Å²) in [6, 6.07) is 9.55. The van der Waals surface area contributed by atoms with E-state index >= 15 is 0 Å². The van der Waals surface area contributed by atoms with Crippen molar-refractivity contribution < 1.29 is 9.53 Å². The molecule has 3 nitrogen and oxygen atoms in total. The fraction of sp³-hybridized carbons (Fsp3) is 0.364. The first kappa shape index (κ1) is 9.06. The smallest absolute Gasteiger partial charge is 0.225 e. The van der Waals surface area contributed by atoms with Crippen LogP contribution in [-0.2, 0) is 4.79 Å². The lowest BCUT2D eigenvalue weighted by Crippen LogP contribution is -2.28. The number of hydrogen-bond acceptors (Lipinski definition) is 2. The lowest BCUT2D eigenvalue weighted by Gasteiger charge is -2.15. The molecular weight excluding hydrogens is 178 g/mol. The number of ether oxygens (including phenoxy) is 1. The van der Waals surface area contributed by atoms with Crippen LogP contribution in [0.5, 0.6) is 5.75 Å². The third-order valence-electron chi connectivity index (χ3n) is 2.30. The van der Waals surface area contributed by atoms with Gasteiger partial charge in [0.25, 0.3) is 0 Å². The van der Waals surface area contributed by atoms with Gasteiger partial charge < -0.3 is 9.64 Å². The lowest BCUT2D eigenvalue weighted by molar-refractivity contribution is -0.130. The molecule has 0 atom stereocenters. The van der Waals surface area contributed by atoms with Crippen LogP contribution in [0.4, 0.5) is 0 Å². The highest BCUT2D eigenvalue weighted by Gasteiger charge is 2.19. The van der Waals surface area contributed by atoms with Gasteiger partial charge >= 0.3 is 0 Å². The summed E-state index contributed by atoms with van der Waals surface area (Å²) in [5, 5.41) is 0. The van der Waals surface area contributed by atoms with Crippen molar-refractivity contribution in [3.8, 4) is 5.75 Å². The number of likely N-dealkylation sites (tertiary alicyclic amines) is 1. The zero-order valence-corrected chi connectivity index (χ0v) is 7.98. The van der Waals surface area contributed by atoms with E-state index in [-0.39, 0.29) is 5.91 Å². The normalized spacial score (nSPS) is 16.0. The number of carbonyl (C=O) groups excluding carboxylic acids is 1. The monoisotopic (exact) mass is 191 g/mol. The van der Waals surface area contributed by atoms with Gasteiger partial charge in [-0.25, -0.2) is 0 Å². The molecule has 0 saturated carbocycles. The maximum absolute atomic E-state index is 11.2. The van der Waals surface area contributed by atoms with Gasteiger partial charge in [-0.05, 0) is 18.6 Å². The van der Waals surface area contributed by atoms with E-state index in [2.05, 4.69) is 0 Å². The second kappa shape index (κ2) is 4.13. The molecule has 1 aliphatic rings. The van der Waals surface area contributed by atoms with E-state index in [0.29, 0.717) is 13.2 Å². The van der Waals surface area contributed by atoms with Gasteiger partial charge in [0.15, 0.2) is 6.73 Å². The molecule has 2 rings (SSSR count). The van der Waals surface area contributed by atoms with Gasteiger partial charge in [-0.1, -0.05) is 18.2 Å². The van der Waals surface area contributed by atoms with Crippen molar-refractivity contribution in [1.29, 1.82) is 0 Å². The Labute approximate surface area is 83.3 Å². The molecule has 1 fully saturated rings. The molecule has 1 aliphatic heterocycles. The minimum atomic E-state index is 0.195. The first-order valence-corrected chi connectivity index (χ1v) is 4.82. The molecule has 0 N–H and O–H groups in total. The molecule has 3 heteroatoms. The topological polar surface area (TPSA) is 29.5 Å². The summed E-state index contributed by atoms with van der Waals surface area (Å²) in [6.07, 6.45) is 1.62. The summed E-state index contributed by atoms with van der Waals surface area (Å²) in [4.78, 5) is 13.0. The Morgan fingerprint density at radius 1 is 1.29 bits per heavy atom. The van der Waals surface area contributed by atoms with Gasteiger partial charge in [0, 0.05) is 13.0 Å². The van der Waals surface area contributed by atoms with Crippen molar-refractivity contribution in [2.24, 2.45) is 0 Å². The fourth-order valence-corrected chi connectivity index (χ4v) is 1.51. The summed E-state index contributed by atoms with van der Waals surface area (Å²) in [7, 11) is 0. The summed E-state index contributed by atoms with van der Waals surface area (Å²) >= 11 is 0. The molecule has 1 aromatic carbocycles. The average Bonchev–Trinajstić information content (AvgIpc) is 2.63. The maximum Gasteiger partial charge on any atom is 0.225 e. The number of para-hydroxylation sites is 1. The van der Waals surface area contributed by atoms with E-state index in [9.17, 15) is 4.79 Å². The molecule has 0 bridgehead atoms. The SMILES string of the molecule is O=C1CCCN1COc1ccccc1. The van der Waals surface area contributed by atoms with E-state index in [1.807, 2.05) is 30.3 Å². The van der Waals surface area contributed by atoms with Gasteiger partial charge in [-0.15, -0.1) is 0 Å². The quantitative estimate of drug-likeness (QED) is 0.727. The maximum atomic E-state index is 11.2. The predicted molar refractivity (Wildman–Crippen MR) is 52.9 cm³/mol. The summed E-state index contributed by atoms with van der Waals surface area (Å²) < 4.78 is 5.47. The van der Waals surface area contributed by atoms with Crippen LogP contribution in [0.1, 0.15) is 12.8 Å². The molecule has 14 heavy (non-hydrogen) atoms. The number of amides is 1. The molecule has 1 amide bonds. The van der Waals surface area contributed by atoms with E-state index < -0.39 is 0 Å². The number of carbonyl (C=O) groups is 1. The number of rotatable bonds is 3. The van der Waals surface area contributed by atoms with E-state index in [0.717, 1.165) is 18.7 Å². The molecule has 0 spiro atoms. The Balaban J connectivity index is 1.85. The molecule has 0 aromatic heterocycles. The number of nitrogens with zero attached hydrogens (tertiary/aromatic N) is 1. The number of hydrogen-bond donors (Lipinski definition) is 0. The second-order valence-corrected chi connectivity index (χ2v) is 3.35. The molecule has 1 saturated heterocycles. The van der Waals surface area contributed by atoms with Crippen molar-refractivity contribution in [3.05, 3.63) is 30.3 Å². The zero-order valence-electron chi connectivity index (χ0n) is 7.98. The first-order valence-electron chi connectivity index (χ1n) is 4.82. The van der Waals surface area contributed by atoms with Gasteiger partial charge in [0.1, 0.15) is 5.75 Å². The zero-order chi connectivity index (χ0) is 9.80. The summed E-state index contributed by atoms with van der Waals surface area (Å²) in [6.45, 7) is 1.20. The minimum absolute atomic E-state index is 0.195. The molecule has 1 aromatic rings. The molecule has 0 radical (unpaired) electrons. The van der Waals surface area contributed by atoms with E-state index in [1.165, 1.54) is 0 Å². The molecule has 0 aliphatic carbocycles. The van der Waals surface area contributed by atoms with Crippen LogP contribution >= 0.6 is 0 Å². The van der Waals surface area contributed by atoms with Crippen molar-refractivity contribution in [1.82, 2.24) is 4.90 Å². The Morgan fingerprint density at radius 2 is 2.07 bits per heavy atom. The standard InChI is InChI=1S/C11H13NO2/c13-11-7-4-8-12(11)9-14-10-5-2-1-3-6-10/h1-3,5-6H,4,7-9H2. The van der Waals surface area contributed by atoms with Crippen molar-refractivity contribution >= 4 is 5.91 Å². The van der Waals surface area contributed by atoms with Crippen LogP contribution in [-0.4, -0.2) is 24.1 Å². The van der Waals surface area contributed by atoms with Gasteiger partial charge in [-0.3, -0.25) is 4.79 Å². The van der Waals surface area contributed by atoms with Crippen LogP contribution in [0, 0.1) is 0 Å². The largest absolute Gasteiger partial charge is 0.473 e. The summed E-state index contributed by atoms with van der Waals surface area (Å²) in [5.74, 6) is 1.01. The van der Waals surface area contributed by atoms with Gasteiger partial charge in [-0.2, -0.15) is 0 Å². The first-order chi connectivity index (χ1) is 6.86. The van der Waals surface area contributed by atoms with Crippen LogP contribution in [0.25, 0.3) is 0 Å². The second-order valence-electron chi connectivity index (χ2n) is 3.35. The van der Waals surface area contributed by atoms with Crippen LogP contribution in [0.3, 0.4) is 0 Å². The Morgan fingerprint density at radius 3 is 2.71 bits per heavy atom. The Hall–Kier alpha value is -1.51. The van der Waals surface area contributed by atoms with Crippen LogP contribution < -0.4 is 4.74 Å². The third kappa shape index (κ3) is 2.05. The van der Waals surface area contributed by atoms with E-state index in [4.69, 9.17) is 4.74 Å². The van der Waals surface area contributed by atoms with Crippen LogP contribution in [0.15, 0.2) is 30.3 Å². The Kier molecular flexibility index (Phi) is 2.68.